The normalized spacial score (nSPS) is 21.2. The molecule has 4 rings (SSSR count). The van der Waals surface area contributed by atoms with Crippen molar-refractivity contribution >= 4 is 34.2 Å². The van der Waals surface area contributed by atoms with Crippen molar-refractivity contribution in [2.24, 2.45) is 5.92 Å². The van der Waals surface area contributed by atoms with E-state index in [1.165, 1.54) is 6.92 Å². The Morgan fingerprint density at radius 1 is 1.17 bits per heavy atom. The molecule has 29 heavy (non-hydrogen) atoms. The van der Waals surface area contributed by atoms with E-state index < -0.39 is 0 Å². The molecule has 0 radical (unpaired) electrons. The van der Waals surface area contributed by atoms with Crippen molar-refractivity contribution in [1.82, 2.24) is 15.3 Å². The number of nitrogens with zero attached hydrogens (tertiary/aromatic N) is 3. The van der Waals surface area contributed by atoms with Crippen molar-refractivity contribution < 1.29 is 9.59 Å². The fraction of sp³-hybridized carbons (Fsp3) is 0.476. The van der Waals surface area contributed by atoms with Gasteiger partial charge in [-0.3, -0.25) is 9.59 Å². The highest BCUT2D eigenvalue weighted by atomic mass is 16.2. The van der Waals surface area contributed by atoms with Crippen LogP contribution in [0, 0.1) is 17.2 Å². The van der Waals surface area contributed by atoms with Crippen molar-refractivity contribution in [1.29, 1.82) is 5.26 Å². The number of amides is 2. The lowest BCUT2D eigenvalue weighted by atomic mass is 9.85. The van der Waals surface area contributed by atoms with Crippen molar-refractivity contribution in [3.63, 3.8) is 0 Å². The van der Waals surface area contributed by atoms with E-state index in [-0.39, 0.29) is 23.8 Å². The molecule has 0 aliphatic heterocycles. The molecule has 2 aromatic heterocycles. The number of hydrogen-bond donors (Lipinski definition) is 3. The Morgan fingerprint density at radius 3 is 2.72 bits per heavy atom. The molecule has 2 fully saturated rings. The van der Waals surface area contributed by atoms with Crippen LogP contribution < -0.4 is 16.0 Å². The van der Waals surface area contributed by atoms with Crippen LogP contribution >= 0.6 is 0 Å². The summed E-state index contributed by atoms with van der Waals surface area (Å²) in [6.07, 6.45) is 7.09. The minimum absolute atomic E-state index is 0.0458. The first kappa shape index (κ1) is 19.1. The van der Waals surface area contributed by atoms with E-state index in [9.17, 15) is 14.9 Å². The smallest absolute Gasteiger partial charge is 0.228 e. The first-order chi connectivity index (χ1) is 14.0. The van der Waals surface area contributed by atoms with Crippen molar-refractivity contribution in [3.8, 4) is 6.07 Å². The van der Waals surface area contributed by atoms with Crippen LogP contribution in [0.2, 0.25) is 0 Å². The average Bonchev–Trinajstić information content (AvgIpc) is 3.52. The number of rotatable bonds is 5. The molecule has 2 atom stereocenters. The third-order valence-electron chi connectivity index (χ3n) is 5.45. The summed E-state index contributed by atoms with van der Waals surface area (Å²) >= 11 is 0. The molecule has 0 saturated heterocycles. The molecule has 2 aliphatic rings. The highest BCUT2D eigenvalue weighted by Gasteiger charge is 2.28. The molecule has 3 N–H and O–H groups in total. The minimum Gasteiger partial charge on any atom is -0.367 e. The third kappa shape index (κ3) is 4.62. The Balaban J connectivity index is 1.52. The average molecular weight is 392 g/mol. The molecule has 150 valence electrons. The molecule has 2 heterocycles. The maximum atomic E-state index is 12.8. The first-order valence-corrected chi connectivity index (χ1v) is 10.1. The standard InChI is InChI=1S/C21H24N6O2/c1-12(28)24-16-4-2-3-13(7-16)21(29)27-19-9-18-14(11-23-19)8-17(10-22)26-20(18)25-15-5-6-15/h8-9,11,13,15-16H,2-7H2,1H3,(H,24,28)(H,25,26)(H,23,27,29)/t13-,16+/m0/s1. The molecule has 8 nitrogen and oxygen atoms in total. The number of fused-ring (bicyclic) bond motifs is 1. The molecular formula is C21H24N6O2. The van der Waals surface area contributed by atoms with Crippen molar-refractivity contribution in [2.45, 2.75) is 57.5 Å². The van der Waals surface area contributed by atoms with E-state index in [2.05, 4.69) is 32.0 Å². The molecule has 8 heteroatoms. The molecular weight excluding hydrogens is 368 g/mol. The number of carbonyl (C=O) groups excluding carboxylic acids is 2. The summed E-state index contributed by atoms with van der Waals surface area (Å²) in [5.74, 6) is 0.830. The number of nitrogens with one attached hydrogen (secondary N) is 3. The zero-order valence-electron chi connectivity index (χ0n) is 16.4. The number of hydrogen-bond acceptors (Lipinski definition) is 6. The third-order valence-corrected chi connectivity index (χ3v) is 5.45. The van der Waals surface area contributed by atoms with Crippen molar-refractivity contribution in [2.75, 3.05) is 10.6 Å². The number of carbonyl (C=O) groups is 2. The van der Waals surface area contributed by atoms with Gasteiger partial charge >= 0.3 is 0 Å². The summed E-state index contributed by atoms with van der Waals surface area (Å²) in [6, 6.07) is 6.02. The Hall–Kier alpha value is -3.21. The SMILES string of the molecule is CC(=O)N[C@@H]1CCC[C@H](C(=O)Nc2cc3c(NC4CC4)nc(C#N)cc3cn2)C1. The molecule has 0 unspecified atom stereocenters. The highest BCUT2D eigenvalue weighted by Crippen LogP contribution is 2.30. The lowest BCUT2D eigenvalue weighted by Crippen LogP contribution is -2.40. The Kier molecular flexibility index (Phi) is 5.30. The second-order valence-electron chi connectivity index (χ2n) is 7.93. The van der Waals surface area contributed by atoms with Gasteiger partial charge in [0.25, 0.3) is 0 Å². The van der Waals surface area contributed by atoms with Crippen molar-refractivity contribution in [3.05, 3.63) is 24.0 Å². The predicted octanol–water partition coefficient (Wildman–Crippen LogP) is 2.71. The van der Waals surface area contributed by atoms with Gasteiger partial charge in [-0.15, -0.1) is 0 Å². The van der Waals surface area contributed by atoms with Gasteiger partial charge in [0, 0.05) is 41.9 Å². The Labute approximate surface area is 169 Å². The summed E-state index contributed by atoms with van der Waals surface area (Å²) in [5.41, 5.74) is 0.338. The minimum atomic E-state index is -0.152. The summed E-state index contributed by atoms with van der Waals surface area (Å²) in [6.45, 7) is 1.50. The van der Waals surface area contributed by atoms with E-state index in [4.69, 9.17) is 0 Å². The molecule has 0 aromatic carbocycles. The monoisotopic (exact) mass is 392 g/mol. The van der Waals surface area contributed by atoms with E-state index in [0.717, 1.165) is 42.9 Å². The van der Waals surface area contributed by atoms with Crippen LogP contribution in [0.3, 0.4) is 0 Å². The quantitative estimate of drug-likeness (QED) is 0.720. The largest absolute Gasteiger partial charge is 0.367 e. The number of aromatic nitrogens is 2. The molecule has 2 aromatic rings. The van der Waals surface area contributed by atoms with Crippen LogP contribution in [0.25, 0.3) is 10.8 Å². The second kappa shape index (κ2) is 8.03. The molecule has 2 saturated carbocycles. The van der Waals surface area contributed by atoms with Gasteiger partial charge in [0.2, 0.25) is 11.8 Å². The number of pyridine rings is 2. The zero-order chi connectivity index (χ0) is 20.4. The Morgan fingerprint density at radius 2 is 2.00 bits per heavy atom. The maximum absolute atomic E-state index is 12.8. The predicted molar refractivity (Wildman–Crippen MR) is 109 cm³/mol. The molecule has 0 bridgehead atoms. The van der Waals surface area contributed by atoms with E-state index in [0.29, 0.717) is 29.8 Å². The van der Waals surface area contributed by atoms with Crippen LogP contribution in [0.4, 0.5) is 11.6 Å². The number of anilines is 2. The van der Waals surface area contributed by atoms with Crippen LogP contribution in [-0.2, 0) is 9.59 Å². The van der Waals surface area contributed by atoms with Crippen LogP contribution in [0.1, 0.15) is 51.1 Å². The van der Waals surface area contributed by atoms with Crippen LogP contribution in [0.5, 0.6) is 0 Å². The van der Waals surface area contributed by atoms with E-state index in [1.807, 2.05) is 0 Å². The van der Waals surface area contributed by atoms with Gasteiger partial charge in [0.1, 0.15) is 23.4 Å². The first-order valence-electron chi connectivity index (χ1n) is 10.1. The summed E-state index contributed by atoms with van der Waals surface area (Å²) < 4.78 is 0. The lowest BCUT2D eigenvalue weighted by molar-refractivity contribution is -0.123. The highest BCUT2D eigenvalue weighted by molar-refractivity contribution is 5.97. The van der Waals surface area contributed by atoms with Gasteiger partial charge < -0.3 is 16.0 Å². The van der Waals surface area contributed by atoms with E-state index >= 15 is 0 Å². The van der Waals surface area contributed by atoms with Gasteiger partial charge in [-0.05, 0) is 44.2 Å². The second-order valence-corrected chi connectivity index (χ2v) is 7.93. The number of nitriles is 1. The Bertz CT molecular complexity index is 995. The maximum Gasteiger partial charge on any atom is 0.228 e. The van der Waals surface area contributed by atoms with Gasteiger partial charge in [-0.25, -0.2) is 9.97 Å². The van der Waals surface area contributed by atoms with Gasteiger partial charge in [-0.2, -0.15) is 5.26 Å². The molecule has 2 aliphatic carbocycles. The fourth-order valence-electron chi connectivity index (χ4n) is 3.88. The summed E-state index contributed by atoms with van der Waals surface area (Å²) in [5, 5.41) is 20.1. The topological polar surface area (TPSA) is 120 Å². The zero-order valence-corrected chi connectivity index (χ0v) is 16.4. The van der Waals surface area contributed by atoms with E-state index in [1.54, 1.807) is 18.3 Å². The van der Waals surface area contributed by atoms with Gasteiger partial charge in [-0.1, -0.05) is 6.42 Å². The van der Waals surface area contributed by atoms with Crippen LogP contribution in [-0.4, -0.2) is 33.9 Å². The fourth-order valence-corrected chi connectivity index (χ4v) is 3.88. The lowest BCUT2D eigenvalue weighted by Gasteiger charge is -2.28. The summed E-state index contributed by atoms with van der Waals surface area (Å²) in [7, 11) is 0. The van der Waals surface area contributed by atoms with Gasteiger partial charge in [0.15, 0.2) is 0 Å². The summed E-state index contributed by atoms with van der Waals surface area (Å²) in [4.78, 5) is 32.8. The van der Waals surface area contributed by atoms with Crippen LogP contribution in [0.15, 0.2) is 18.3 Å². The molecule has 0 spiro atoms. The van der Waals surface area contributed by atoms with Gasteiger partial charge in [0.05, 0.1) is 0 Å². The molecule has 2 amide bonds.